The number of aryl methyl sites for hydroxylation is 1. The van der Waals surface area contributed by atoms with Gasteiger partial charge in [-0.2, -0.15) is 18.4 Å². The molecule has 2 N–H and O–H groups in total. The van der Waals surface area contributed by atoms with E-state index in [4.69, 9.17) is 18.9 Å². The highest BCUT2D eigenvalue weighted by Crippen LogP contribution is 2.58. The average Bonchev–Trinajstić information content (AvgIpc) is 3.58. The largest absolute Gasteiger partial charge is 0.504 e. The first-order chi connectivity index (χ1) is 24.7. The van der Waals surface area contributed by atoms with Crippen molar-refractivity contribution in [2.24, 2.45) is 0 Å². The van der Waals surface area contributed by atoms with E-state index < -0.39 is 47.8 Å². The Labute approximate surface area is 298 Å². The number of alkyl halides is 3. The number of fused-ring (bicyclic) bond motifs is 9. The van der Waals surface area contributed by atoms with Gasteiger partial charge in [-0.05, 0) is 68.6 Å². The topological polar surface area (TPSA) is 134 Å². The van der Waals surface area contributed by atoms with Gasteiger partial charge in [0.1, 0.15) is 11.8 Å². The zero-order valence-corrected chi connectivity index (χ0v) is 29.1. The van der Waals surface area contributed by atoms with Gasteiger partial charge in [0.2, 0.25) is 12.7 Å². The number of nitrogens with zero attached hydrogens (tertiary/aromatic N) is 3. The second-order valence-electron chi connectivity index (χ2n) is 13.5. The highest BCUT2D eigenvalue weighted by Gasteiger charge is 2.57. The number of carbonyl (C=O) groups is 2. The number of nitrogens with one attached hydrogen (secondary N) is 1. The summed E-state index contributed by atoms with van der Waals surface area (Å²) in [4.78, 5) is 30.0. The molecule has 1 amide bonds. The highest BCUT2D eigenvalue weighted by atomic mass is 19.4. The van der Waals surface area contributed by atoms with Crippen LogP contribution in [0, 0.1) is 25.2 Å². The number of carbonyl (C=O) groups excluding carboxylic acids is 2. The second kappa shape index (κ2) is 13.1. The number of amides is 1. The number of aromatic hydroxyl groups is 1. The molecule has 0 aromatic heterocycles. The summed E-state index contributed by atoms with van der Waals surface area (Å²) < 4.78 is 63.3. The first-order valence-electron chi connectivity index (χ1n) is 16.8. The Morgan fingerprint density at radius 3 is 2.56 bits per heavy atom. The minimum atomic E-state index is -4.54. The first kappa shape index (κ1) is 35.2. The number of piperazine rings is 1. The lowest BCUT2D eigenvalue weighted by Gasteiger charge is -2.60. The van der Waals surface area contributed by atoms with E-state index in [0.717, 1.165) is 29.3 Å². The normalized spacial score (nSPS) is 23.3. The van der Waals surface area contributed by atoms with Crippen LogP contribution in [0.5, 0.6) is 28.7 Å². The quantitative estimate of drug-likeness (QED) is 0.197. The van der Waals surface area contributed by atoms with Crippen molar-refractivity contribution in [2.45, 2.75) is 70.0 Å². The van der Waals surface area contributed by atoms with E-state index in [2.05, 4.69) is 21.2 Å². The lowest BCUT2D eigenvalue weighted by atomic mass is 9.71. The predicted molar refractivity (Wildman–Crippen MR) is 181 cm³/mol. The van der Waals surface area contributed by atoms with E-state index in [1.165, 1.54) is 32.2 Å². The van der Waals surface area contributed by atoms with Gasteiger partial charge in [-0.15, -0.1) is 0 Å². The SMILES string of the molecule is COc1c(C)cc2c(c1O)[C@@H]1[C@@H]3Cc4c(OC(C)=O)c(C)c5c(c4[C@H](CNC(=O)/C=C/c4cccc(C(F)(F)F)c4)N3[C@@H](C#N)[C@@H](C2)N1C)OCO5. The van der Waals surface area contributed by atoms with Crippen LogP contribution in [0.15, 0.2) is 36.4 Å². The van der Waals surface area contributed by atoms with Crippen molar-refractivity contribution >= 4 is 18.0 Å². The molecule has 0 aliphatic carbocycles. The van der Waals surface area contributed by atoms with Crippen LogP contribution in [-0.4, -0.2) is 72.4 Å². The van der Waals surface area contributed by atoms with Crippen molar-refractivity contribution in [3.8, 4) is 34.8 Å². The molecule has 3 aromatic carbocycles. The third-order valence-corrected chi connectivity index (χ3v) is 10.6. The molecule has 7 rings (SSSR count). The molecular formula is C38H37F3N4O7. The number of phenolic OH excluding ortho intramolecular Hbond substituents is 1. The number of phenols is 1. The minimum Gasteiger partial charge on any atom is -0.504 e. The van der Waals surface area contributed by atoms with E-state index >= 15 is 0 Å². The van der Waals surface area contributed by atoms with Gasteiger partial charge >= 0.3 is 12.1 Å². The van der Waals surface area contributed by atoms with Gasteiger partial charge in [0.05, 0.1) is 30.8 Å². The van der Waals surface area contributed by atoms with Gasteiger partial charge < -0.3 is 29.4 Å². The average molecular weight is 719 g/mol. The van der Waals surface area contributed by atoms with Gasteiger partial charge in [-0.3, -0.25) is 19.4 Å². The summed E-state index contributed by atoms with van der Waals surface area (Å²) in [6, 6.07) is 6.51. The molecular weight excluding hydrogens is 681 g/mol. The monoisotopic (exact) mass is 718 g/mol. The van der Waals surface area contributed by atoms with E-state index in [1.54, 1.807) is 6.92 Å². The van der Waals surface area contributed by atoms with Crippen LogP contribution < -0.4 is 24.3 Å². The molecule has 11 nitrogen and oxygen atoms in total. The van der Waals surface area contributed by atoms with Crippen molar-refractivity contribution in [3.05, 3.63) is 80.9 Å². The third kappa shape index (κ3) is 5.68. The smallest absolute Gasteiger partial charge is 0.416 e. The first-order valence-corrected chi connectivity index (χ1v) is 16.8. The molecule has 272 valence electrons. The summed E-state index contributed by atoms with van der Waals surface area (Å²) in [7, 11) is 3.42. The molecule has 0 saturated carbocycles. The van der Waals surface area contributed by atoms with Gasteiger partial charge in [0, 0.05) is 53.9 Å². The van der Waals surface area contributed by atoms with Gasteiger partial charge in [0.25, 0.3) is 0 Å². The van der Waals surface area contributed by atoms with Crippen molar-refractivity contribution in [2.75, 3.05) is 27.5 Å². The number of benzene rings is 3. The van der Waals surface area contributed by atoms with Crippen LogP contribution in [0.1, 0.15) is 63.5 Å². The molecule has 52 heavy (non-hydrogen) atoms. The minimum absolute atomic E-state index is 0.0145. The van der Waals surface area contributed by atoms with Crippen LogP contribution in [0.2, 0.25) is 0 Å². The Balaban J connectivity index is 1.35. The van der Waals surface area contributed by atoms with Crippen LogP contribution >= 0.6 is 0 Å². The molecule has 0 spiro atoms. The number of hydrogen-bond acceptors (Lipinski definition) is 10. The standard InChI is InChI=1S/C38H37F3N4O7/c1-18-11-22-13-25-27(15-42)45-26(32(44(25)4)30(22)33(48)34(18)49-5)14-24-31(37-36(50-17-51-37)19(2)35(24)52-20(3)46)28(45)16-43-29(47)10-9-21-7-6-8-23(12-21)38(39,40)41/h6-12,25-28,32,48H,13-14,16-17H2,1-5H3,(H,43,47)/b10-9+/t25-,26+,27+,28+,32+/m1/s1. The fraction of sp³-hybridized carbons (Fsp3) is 0.395. The molecule has 4 aliphatic heterocycles. The fourth-order valence-electron chi connectivity index (χ4n) is 8.56. The van der Waals surface area contributed by atoms with Crippen LogP contribution in [-0.2, 0) is 28.6 Å². The van der Waals surface area contributed by atoms with E-state index in [-0.39, 0.29) is 37.1 Å². The number of likely N-dealkylation sites (N-methyl/N-ethyl adjacent to an activating group) is 1. The van der Waals surface area contributed by atoms with Crippen LogP contribution in [0.3, 0.4) is 0 Å². The van der Waals surface area contributed by atoms with Crippen molar-refractivity contribution in [1.82, 2.24) is 15.1 Å². The van der Waals surface area contributed by atoms with Crippen molar-refractivity contribution in [3.63, 3.8) is 0 Å². The maximum absolute atomic E-state index is 13.3. The maximum Gasteiger partial charge on any atom is 0.416 e. The summed E-state index contributed by atoms with van der Waals surface area (Å²) in [5.74, 6) is 0.350. The Morgan fingerprint density at radius 2 is 1.87 bits per heavy atom. The summed E-state index contributed by atoms with van der Waals surface area (Å²) in [6.07, 6.45) is -1.34. The molecule has 5 atom stereocenters. The number of ether oxygens (including phenoxy) is 4. The number of halogens is 3. The molecule has 0 unspecified atom stereocenters. The summed E-state index contributed by atoms with van der Waals surface area (Å²) in [6.45, 7) is 4.78. The number of hydrogen-bond donors (Lipinski definition) is 2. The molecule has 4 heterocycles. The van der Waals surface area contributed by atoms with E-state index in [1.807, 2.05) is 20.0 Å². The lowest BCUT2D eigenvalue weighted by molar-refractivity contribution is -0.137. The summed E-state index contributed by atoms with van der Waals surface area (Å²) in [5, 5.41) is 25.4. The lowest BCUT2D eigenvalue weighted by Crippen LogP contribution is -2.68. The highest BCUT2D eigenvalue weighted by molar-refractivity contribution is 5.91. The van der Waals surface area contributed by atoms with Gasteiger partial charge in [-0.25, -0.2) is 0 Å². The summed E-state index contributed by atoms with van der Waals surface area (Å²) >= 11 is 0. The third-order valence-electron chi connectivity index (χ3n) is 10.6. The van der Waals surface area contributed by atoms with Crippen LogP contribution in [0.25, 0.3) is 6.08 Å². The zero-order valence-electron chi connectivity index (χ0n) is 29.1. The molecule has 3 aromatic rings. The molecule has 14 heteroatoms. The molecule has 4 aliphatic rings. The molecule has 1 saturated heterocycles. The Hall–Kier alpha value is -5.26. The fourth-order valence-corrected chi connectivity index (χ4v) is 8.56. The summed E-state index contributed by atoms with van der Waals surface area (Å²) in [5.41, 5.74) is 3.50. The molecule has 0 radical (unpaired) electrons. The predicted octanol–water partition coefficient (Wildman–Crippen LogP) is 5.29. The van der Waals surface area contributed by atoms with Gasteiger partial charge in [-0.1, -0.05) is 18.2 Å². The van der Waals surface area contributed by atoms with Crippen LogP contribution in [0.4, 0.5) is 13.2 Å². The van der Waals surface area contributed by atoms with Crippen molar-refractivity contribution < 1.29 is 46.8 Å². The van der Waals surface area contributed by atoms with Crippen molar-refractivity contribution in [1.29, 1.82) is 5.26 Å². The maximum atomic E-state index is 13.3. The second-order valence-corrected chi connectivity index (χ2v) is 13.5. The number of nitriles is 1. The number of methoxy groups -OCH3 is 1. The Bertz CT molecular complexity index is 2060. The van der Waals surface area contributed by atoms with E-state index in [0.29, 0.717) is 51.7 Å². The number of rotatable bonds is 6. The Kier molecular flexibility index (Phi) is 8.83. The Morgan fingerprint density at radius 1 is 1.12 bits per heavy atom. The van der Waals surface area contributed by atoms with E-state index in [9.17, 15) is 33.1 Å². The molecule has 2 bridgehead atoms. The molecule has 1 fully saturated rings. The zero-order chi connectivity index (χ0) is 37.2. The van der Waals surface area contributed by atoms with Gasteiger partial charge in [0.15, 0.2) is 23.0 Å². The number of esters is 1.